The Hall–Kier alpha value is -2.82. The quantitative estimate of drug-likeness (QED) is 0.892. The van der Waals surface area contributed by atoms with Gasteiger partial charge in [-0.1, -0.05) is 17.7 Å². The number of ether oxygens (including phenoxy) is 1. The minimum absolute atomic E-state index is 0.0684. The second-order valence-corrected chi connectivity index (χ2v) is 5.26. The highest BCUT2D eigenvalue weighted by molar-refractivity contribution is 5.95. The van der Waals surface area contributed by atoms with E-state index in [1.807, 2.05) is 32.0 Å². The van der Waals surface area contributed by atoms with Gasteiger partial charge in [-0.15, -0.1) is 0 Å². The van der Waals surface area contributed by atoms with E-state index in [0.717, 1.165) is 11.1 Å². The maximum Gasteiger partial charge on any atom is 0.262 e. The van der Waals surface area contributed by atoms with Gasteiger partial charge in [-0.2, -0.15) is 0 Å². The zero-order chi connectivity index (χ0) is 16.8. The van der Waals surface area contributed by atoms with Crippen molar-refractivity contribution in [3.8, 4) is 5.75 Å². The van der Waals surface area contributed by atoms with Crippen LogP contribution in [0.2, 0.25) is 0 Å². The number of nitrogens with one attached hydrogen (secondary N) is 2. The first-order valence-corrected chi connectivity index (χ1v) is 7.31. The molecule has 0 aliphatic heterocycles. The van der Waals surface area contributed by atoms with E-state index in [-0.39, 0.29) is 18.4 Å². The summed E-state index contributed by atoms with van der Waals surface area (Å²) in [5.41, 5.74) is 3.30. The van der Waals surface area contributed by atoms with Gasteiger partial charge < -0.3 is 15.4 Å². The summed E-state index contributed by atoms with van der Waals surface area (Å²) in [6.07, 6.45) is 0. The van der Waals surface area contributed by atoms with Crippen molar-refractivity contribution in [2.75, 3.05) is 19.0 Å². The Kier molecular flexibility index (Phi) is 5.36. The summed E-state index contributed by atoms with van der Waals surface area (Å²) in [4.78, 5) is 23.4. The topological polar surface area (TPSA) is 67.4 Å². The van der Waals surface area contributed by atoms with Gasteiger partial charge in [0.05, 0.1) is 0 Å². The molecule has 120 valence electrons. The van der Waals surface area contributed by atoms with E-state index in [4.69, 9.17) is 4.74 Å². The molecule has 0 saturated carbocycles. The first-order chi connectivity index (χ1) is 11.0. The van der Waals surface area contributed by atoms with Crippen LogP contribution in [0.1, 0.15) is 21.5 Å². The summed E-state index contributed by atoms with van der Waals surface area (Å²) in [5.74, 6) is 0.277. The molecule has 2 amide bonds. The van der Waals surface area contributed by atoms with Crippen molar-refractivity contribution >= 4 is 17.5 Å². The molecule has 0 aliphatic rings. The van der Waals surface area contributed by atoms with Crippen molar-refractivity contribution < 1.29 is 14.3 Å². The highest BCUT2D eigenvalue weighted by Gasteiger charge is 2.07. The number of amides is 2. The Morgan fingerprint density at radius 1 is 1.04 bits per heavy atom. The Morgan fingerprint density at radius 2 is 1.74 bits per heavy atom. The van der Waals surface area contributed by atoms with E-state index in [0.29, 0.717) is 17.0 Å². The summed E-state index contributed by atoms with van der Waals surface area (Å²) in [6.45, 7) is 3.88. The highest BCUT2D eigenvalue weighted by atomic mass is 16.5. The summed E-state index contributed by atoms with van der Waals surface area (Å²) >= 11 is 0. The number of carbonyl (C=O) groups excluding carboxylic acids is 2. The van der Waals surface area contributed by atoms with Crippen LogP contribution in [-0.2, 0) is 4.79 Å². The van der Waals surface area contributed by atoms with E-state index in [1.165, 1.54) is 0 Å². The molecule has 0 aliphatic carbocycles. The van der Waals surface area contributed by atoms with Crippen molar-refractivity contribution in [2.45, 2.75) is 13.8 Å². The second-order valence-electron chi connectivity index (χ2n) is 5.26. The lowest BCUT2D eigenvalue weighted by molar-refractivity contribution is -0.118. The van der Waals surface area contributed by atoms with Crippen LogP contribution in [0.15, 0.2) is 42.5 Å². The van der Waals surface area contributed by atoms with Gasteiger partial charge in [-0.05, 0) is 49.7 Å². The third-order valence-corrected chi connectivity index (χ3v) is 3.35. The largest absolute Gasteiger partial charge is 0.483 e. The molecule has 0 atom stereocenters. The second kappa shape index (κ2) is 7.45. The van der Waals surface area contributed by atoms with Crippen LogP contribution >= 0.6 is 0 Å². The number of benzene rings is 2. The average molecular weight is 312 g/mol. The summed E-state index contributed by atoms with van der Waals surface area (Å²) < 4.78 is 5.53. The third kappa shape index (κ3) is 4.57. The standard InChI is InChI=1S/C18H20N2O3/c1-12-4-9-16(13(2)10-12)23-11-17(21)20-15-7-5-14(6-8-15)18(22)19-3/h4-10H,11H2,1-3H3,(H,19,22)(H,20,21). The Labute approximate surface area is 135 Å². The molecule has 23 heavy (non-hydrogen) atoms. The SMILES string of the molecule is CNC(=O)c1ccc(NC(=O)COc2ccc(C)cc2C)cc1. The summed E-state index contributed by atoms with van der Waals surface area (Å²) in [5, 5.41) is 5.27. The number of carbonyl (C=O) groups is 2. The molecule has 0 spiro atoms. The number of anilines is 1. The van der Waals surface area contributed by atoms with Gasteiger partial charge in [0.25, 0.3) is 11.8 Å². The van der Waals surface area contributed by atoms with Gasteiger partial charge in [0.15, 0.2) is 6.61 Å². The predicted molar refractivity (Wildman–Crippen MR) is 89.9 cm³/mol. The van der Waals surface area contributed by atoms with Crippen molar-refractivity contribution in [3.63, 3.8) is 0 Å². The lowest BCUT2D eigenvalue weighted by atomic mass is 10.1. The predicted octanol–water partition coefficient (Wildman–Crippen LogP) is 2.68. The molecule has 5 nitrogen and oxygen atoms in total. The smallest absolute Gasteiger partial charge is 0.262 e. The highest BCUT2D eigenvalue weighted by Crippen LogP contribution is 2.18. The molecule has 0 bridgehead atoms. The van der Waals surface area contributed by atoms with Crippen molar-refractivity contribution in [2.24, 2.45) is 0 Å². The summed E-state index contributed by atoms with van der Waals surface area (Å²) in [6, 6.07) is 12.5. The molecular formula is C18H20N2O3. The van der Waals surface area contributed by atoms with Crippen LogP contribution in [0.5, 0.6) is 5.75 Å². The Bertz CT molecular complexity index is 709. The molecule has 2 aromatic rings. The molecule has 5 heteroatoms. The molecule has 2 aromatic carbocycles. The number of aryl methyl sites for hydroxylation is 2. The minimum Gasteiger partial charge on any atom is -0.483 e. The molecule has 0 radical (unpaired) electrons. The molecule has 2 rings (SSSR count). The maximum absolute atomic E-state index is 11.9. The van der Waals surface area contributed by atoms with E-state index in [2.05, 4.69) is 10.6 Å². The van der Waals surface area contributed by atoms with Crippen LogP contribution in [0, 0.1) is 13.8 Å². The fraction of sp³-hybridized carbons (Fsp3) is 0.222. The monoisotopic (exact) mass is 312 g/mol. The van der Waals surface area contributed by atoms with Crippen LogP contribution in [0.4, 0.5) is 5.69 Å². The van der Waals surface area contributed by atoms with Gasteiger partial charge in [-0.3, -0.25) is 9.59 Å². The van der Waals surface area contributed by atoms with Gasteiger partial charge in [0, 0.05) is 18.3 Å². The number of rotatable bonds is 5. The fourth-order valence-corrected chi connectivity index (χ4v) is 2.15. The van der Waals surface area contributed by atoms with E-state index >= 15 is 0 Å². The van der Waals surface area contributed by atoms with Crippen molar-refractivity contribution in [1.82, 2.24) is 5.32 Å². The van der Waals surface area contributed by atoms with Gasteiger partial charge in [0.1, 0.15) is 5.75 Å². The molecule has 2 N–H and O–H groups in total. The van der Waals surface area contributed by atoms with E-state index < -0.39 is 0 Å². The first kappa shape index (κ1) is 16.5. The molecule has 0 unspecified atom stereocenters. The Balaban J connectivity index is 1.90. The first-order valence-electron chi connectivity index (χ1n) is 7.31. The molecular weight excluding hydrogens is 292 g/mol. The van der Waals surface area contributed by atoms with Crippen molar-refractivity contribution in [3.05, 3.63) is 59.2 Å². The molecule has 0 aromatic heterocycles. The fourth-order valence-electron chi connectivity index (χ4n) is 2.15. The molecule has 0 heterocycles. The van der Waals surface area contributed by atoms with Gasteiger partial charge in [0.2, 0.25) is 0 Å². The summed E-state index contributed by atoms with van der Waals surface area (Å²) in [7, 11) is 1.57. The maximum atomic E-state index is 11.9. The van der Waals surface area contributed by atoms with Crippen LogP contribution in [0.25, 0.3) is 0 Å². The van der Waals surface area contributed by atoms with Crippen molar-refractivity contribution in [1.29, 1.82) is 0 Å². The zero-order valence-electron chi connectivity index (χ0n) is 13.5. The zero-order valence-corrected chi connectivity index (χ0v) is 13.5. The average Bonchev–Trinajstić information content (AvgIpc) is 2.54. The molecule has 0 saturated heterocycles. The van der Waals surface area contributed by atoms with E-state index in [9.17, 15) is 9.59 Å². The lowest BCUT2D eigenvalue weighted by Gasteiger charge is -2.10. The van der Waals surface area contributed by atoms with Crippen LogP contribution < -0.4 is 15.4 Å². The van der Waals surface area contributed by atoms with Gasteiger partial charge in [-0.25, -0.2) is 0 Å². The van der Waals surface area contributed by atoms with Gasteiger partial charge >= 0.3 is 0 Å². The minimum atomic E-state index is -0.252. The molecule has 0 fully saturated rings. The lowest BCUT2D eigenvalue weighted by Crippen LogP contribution is -2.21. The number of hydrogen-bond acceptors (Lipinski definition) is 3. The van der Waals surface area contributed by atoms with Crippen LogP contribution in [0.3, 0.4) is 0 Å². The third-order valence-electron chi connectivity index (χ3n) is 3.35. The van der Waals surface area contributed by atoms with Crippen LogP contribution in [-0.4, -0.2) is 25.5 Å². The van der Waals surface area contributed by atoms with E-state index in [1.54, 1.807) is 31.3 Å². The Morgan fingerprint density at radius 3 is 2.35 bits per heavy atom. The number of hydrogen-bond donors (Lipinski definition) is 2. The normalized spacial score (nSPS) is 10.0.